The molecule has 0 aliphatic carbocycles. The largest absolute Gasteiger partial charge is 0.461 e. The van der Waals surface area contributed by atoms with Crippen molar-refractivity contribution in [1.82, 2.24) is 20.0 Å². The van der Waals surface area contributed by atoms with Crippen LogP contribution < -0.4 is 5.32 Å². The van der Waals surface area contributed by atoms with E-state index < -0.39 is 5.97 Å². The lowest BCUT2D eigenvalue weighted by atomic mass is 10.1. The minimum absolute atomic E-state index is 0.104. The summed E-state index contributed by atoms with van der Waals surface area (Å²) in [6, 6.07) is 10.1. The Kier molecular flexibility index (Phi) is 6.11. The van der Waals surface area contributed by atoms with E-state index in [9.17, 15) is 9.59 Å². The van der Waals surface area contributed by atoms with E-state index in [2.05, 4.69) is 22.5 Å². The molecule has 0 saturated heterocycles. The molecule has 0 fully saturated rings. The standard InChI is InChI=1S/C20H26N4O3/c1-3-27-19(25)18-16-14-24(13-11-17(16)23(2)22-18)20(26)21-12-7-10-15-8-5-4-6-9-15/h4-6,8-9H,3,7,10-14H2,1-2H3,(H,21,26). The minimum atomic E-state index is -0.431. The van der Waals surface area contributed by atoms with Crippen molar-refractivity contribution in [3.8, 4) is 0 Å². The number of aromatic nitrogens is 2. The molecule has 2 amide bonds. The molecule has 0 spiro atoms. The Bertz CT molecular complexity index is 801. The fraction of sp³-hybridized carbons (Fsp3) is 0.450. The third-order valence-corrected chi connectivity index (χ3v) is 4.76. The topological polar surface area (TPSA) is 76.5 Å². The minimum Gasteiger partial charge on any atom is -0.461 e. The van der Waals surface area contributed by atoms with Gasteiger partial charge in [0.15, 0.2) is 5.69 Å². The Balaban J connectivity index is 1.55. The first-order valence-electron chi connectivity index (χ1n) is 9.38. The monoisotopic (exact) mass is 370 g/mol. The highest BCUT2D eigenvalue weighted by molar-refractivity contribution is 5.89. The van der Waals surface area contributed by atoms with Crippen molar-refractivity contribution >= 4 is 12.0 Å². The highest BCUT2D eigenvalue weighted by atomic mass is 16.5. The molecule has 1 aliphatic heterocycles. The number of esters is 1. The zero-order valence-corrected chi connectivity index (χ0v) is 15.9. The number of hydrogen-bond acceptors (Lipinski definition) is 4. The molecule has 2 heterocycles. The highest BCUT2D eigenvalue weighted by Gasteiger charge is 2.29. The fourth-order valence-electron chi connectivity index (χ4n) is 3.37. The van der Waals surface area contributed by atoms with Crippen LogP contribution in [0.4, 0.5) is 4.79 Å². The number of carbonyl (C=O) groups is 2. The number of rotatable bonds is 6. The van der Waals surface area contributed by atoms with E-state index in [0.717, 1.165) is 24.1 Å². The first kappa shape index (κ1) is 18.9. The molecule has 1 N–H and O–H groups in total. The molecule has 7 nitrogen and oxygen atoms in total. The molecule has 144 valence electrons. The van der Waals surface area contributed by atoms with Gasteiger partial charge in [-0.15, -0.1) is 0 Å². The fourth-order valence-corrected chi connectivity index (χ4v) is 3.37. The molecule has 0 bridgehead atoms. The second-order valence-electron chi connectivity index (χ2n) is 6.61. The molecule has 3 rings (SSSR count). The third-order valence-electron chi connectivity index (χ3n) is 4.76. The molecule has 2 aromatic rings. The number of amides is 2. The van der Waals surface area contributed by atoms with Crippen LogP contribution in [0.2, 0.25) is 0 Å². The van der Waals surface area contributed by atoms with Crippen LogP contribution in [-0.4, -0.2) is 46.4 Å². The number of benzene rings is 1. The average molecular weight is 370 g/mol. The maximum Gasteiger partial charge on any atom is 0.359 e. The molecule has 0 saturated carbocycles. The second-order valence-corrected chi connectivity index (χ2v) is 6.61. The smallest absolute Gasteiger partial charge is 0.359 e. The predicted molar refractivity (Wildman–Crippen MR) is 101 cm³/mol. The quantitative estimate of drug-likeness (QED) is 0.625. The van der Waals surface area contributed by atoms with Gasteiger partial charge in [-0.25, -0.2) is 9.59 Å². The number of urea groups is 1. The van der Waals surface area contributed by atoms with E-state index in [-0.39, 0.29) is 6.03 Å². The Labute approximate surface area is 159 Å². The van der Waals surface area contributed by atoms with E-state index >= 15 is 0 Å². The van der Waals surface area contributed by atoms with Gasteiger partial charge in [0, 0.05) is 37.8 Å². The predicted octanol–water partition coefficient (Wildman–Crippen LogP) is 2.30. The van der Waals surface area contributed by atoms with Gasteiger partial charge >= 0.3 is 12.0 Å². The number of hydrogen-bond donors (Lipinski definition) is 1. The number of carbonyl (C=O) groups excluding carboxylic acids is 2. The van der Waals surface area contributed by atoms with Crippen LogP contribution in [0.1, 0.15) is 40.7 Å². The maximum atomic E-state index is 12.5. The molecule has 7 heteroatoms. The van der Waals surface area contributed by atoms with Gasteiger partial charge in [0.2, 0.25) is 0 Å². The summed E-state index contributed by atoms with van der Waals surface area (Å²) in [5.41, 5.74) is 3.37. The van der Waals surface area contributed by atoms with Crippen LogP contribution in [0.5, 0.6) is 0 Å². The van der Waals surface area contributed by atoms with Crippen molar-refractivity contribution in [3.63, 3.8) is 0 Å². The second kappa shape index (κ2) is 8.70. The van der Waals surface area contributed by atoms with Crippen molar-refractivity contribution in [2.45, 2.75) is 32.7 Å². The Morgan fingerprint density at radius 2 is 2.04 bits per heavy atom. The van der Waals surface area contributed by atoms with E-state index in [4.69, 9.17) is 4.74 Å². The summed E-state index contributed by atoms with van der Waals surface area (Å²) in [5, 5.41) is 7.28. The van der Waals surface area contributed by atoms with Crippen LogP contribution in [0.3, 0.4) is 0 Å². The molecule has 27 heavy (non-hydrogen) atoms. The SMILES string of the molecule is CCOC(=O)c1nn(C)c2c1CN(C(=O)NCCCc1ccccc1)CC2. The molecule has 0 radical (unpaired) electrons. The summed E-state index contributed by atoms with van der Waals surface area (Å²) in [6.07, 6.45) is 2.49. The number of fused-ring (bicyclic) bond motifs is 1. The zero-order chi connectivity index (χ0) is 19.2. The lowest BCUT2D eigenvalue weighted by molar-refractivity contribution is 0.0516. The molecular formula is C20H26N4O3. The van der Waals surface area contributed by atoms with Gasteiger partial charge in [-0.1, -0.05) is 30.3 Å². The number of ether oxygens (including phenoxy) is 1. The van der Waals surface area contributed by atoms with E-state index in [1.54, 1.807) is 16.5 Å². The molecule has 0 unspecified atom stereocenters. The van der Waals surface area contributed by atoms with E-state index in [1.807, 2.05) is 25.2 Å². The summed E-state index contributed by atoms with van der Waals surface area (Å²) >= 11 is 0. The lowest BCUT2D eigenvalue weighted by Crippen LogP contribution is -2.43. The van der Waals surface area contributed by atoms with Crippen molar-refractivity contribution in [1.29, 1.82) is 0 Å². The van der Waals surface area contributed by atoms with Crippen LogP contribution in [0.25, 0.3) is 0 Å². The summed E-state index contributed by atoms with van der Waals surface area (Å²) < 4.78 is 6.81. The Morgan fingerprint density at radius 1 is 1.26 bits per heavy atom. The Morgan fingerprint density at radius 3 is 2.78 bits per heavy atom. The molecule has 0 atom stereocenters. The molecule has 1 aliphatic rings. The Hall–Kier alpha value is -2.83. The first-order chi connectivity index (χ1) is 13.1. The van der Waals surface area contributed by atoms with Gasteiger partial charge in [0.1, 0.15) is 0 Å². The first-order valence-corrected chi connectivity index (χ1v) is 9.38. The number of nitrogens with one attached hydrogen (secondary N) is 1. The molecule has 1 aromatic heterocycles. The van der Waals surface area contributed by atoms with Gasteiger partial charge in [0.25, 0.3) is 0 Å². The van der Waals surface area contributed by atoms with Crippen LogP contribution in [-0.2, 0) is 31.2 Å². The van der Waals surface area contributed by atoms with Crippen LogP contribution in [0.15, 0.2) is 30.3 Å². The van der Waals surface area contributed by atoms with Crippen LogP contribution in [0, 0.1) is 0 Å². The van der Waals surface area contributed by atoms with Crippen LogP contribution >= 0.6 is 0 Å². The maximum absolute atomic E-state index is 12.5. The van der Waals surface area contributed by atoms with Gasteiger partial charge in [-0.05, 0) is 25.3 Å². The van der Waals surface area contributed by atoms with Gasteiger partial charge in [-0.3, -0.25) is 4.68 Å². The molecule has 1 aromatic carbocycles. The highest BCUT2D eigenvalue weighted by Crippen LogP contribution is 2.22. The van der Waals surface area contributed by atoms with Gasteiger partial charge < -0.3 is 15.0 Å². The summed E-state index contributed by atoms with van der Waals surface area (Å²) in [4.78, 5) is 26.4. The van der Waals surface area contributed by atoms with Crippen molar-refractivity contribution in [2.24, 2.45) is 7.05 Å². The summed E-state index contributed by atoms with van der Waals surface area (Å²) in [6.45, 7) is 3.67. The average Bonchev–Trinajstić information content (AvgIpc) is 3.02. The van der Waals surface area contributed by atoms with Gasteiger partial charge in [-0.2, -0.15) is 5.10 Å². The van der Waals surface area contributed by atoms with Crippen molar-refractivity contribution < 1.29 is 14.3 Å². The molecular weight excluding hydrogens is 344 g/mol. The zero-order valence-electron chi connectivity index (χ0n) is 15.9. The lowest BCUT2D eigenvalue weighted by Gasteiger charge is -2.27. The normalized spacial score (nSPS) is 13.2. The van der Waals surface area contributed by atoms with Gasteiger partial charge in [0.05, 0.1) is 13.2 Å². The van der Waals surface area contributed by atoms with Crippen molar-refractivity contribution in [3.05, 3.63) is 52.8 Å². The number of aryl methyl sites for hydroxylation is 2. The third kappa shape index (κ3) is 4.48. The van der Waals surface area contributed by atoms with E-state index in [0.29, 0.717) is 38.4 Å². The summed E-state index contributed by atoms with van der Waals surface area (Å²) in [5.74, 6) is -0.431. The van der Waals surface area contributed by atoms with E-state index in [1.165, 1.54) is 5.56 Å². The number of nitrogens with zero attached hydrogens (tertiary/aromatic N) is 3. The summed E-state index contributed by atoms with van der Waals surface area (Å²) in [7, 11) is 1.82. The van der Waals surface area contributed by atoms with Crippen molar-refractivity contribution in [2.75, 3.05) is 19.7 Å².